The molecule has 1 unspecified atom stereocenters. The molecule has 0 spiro atoms. The molecule has 2 nitrogen and oxygen atoms in total. The number of halogens is 1. The van der Waals surface area contributed by atoms with E-state index in [1.54, 1.807) is 7.11 Å². The van der Waals surface area contributed by atoms with Gasteiger partial charge in [-0.3, -0.25) is 0 Å². The molecule has 1 N–H and O–H groups in total. The highest BCUT2D eigenvalue weighted by Gasteiger charge is 2.05. The fourth-order valence-electron chi connectivity index (χ4n) is 1.48. The molecule has 0 fully saturated rings. The van der Waals surface area contributed by atoms with E-state index in [1.165, 1.54) is 5.56 Å². The molecule has 0 aromatic heterocycles. The Morgan fingerprint density at radius 2 is 2.31 bits per heavy atom. The lowest BCUT2D eigenvalue weighted by Crippen LogP contribution is -2.24. The van der Waals surface area contributed by atoms with E-state index in [0.717, 1.165) is 23.2 Å². The Balaban J connectivity index is 2.62. The zero-order valence-corrected chi connectivity index (χ0v) is 11.4. The quantitative estimate of drug-likeness (QED) is 0.807. The van der Waals surface area contributed by atoms with Crippen molar-refractivity contribution in [3.05, 3.63) is 40.9 Å². The normalized spacial score (nSPS) is 12.2. The van der Waals surface area contributed by atoms with Gasteiger partial charge < -0.3 is 10.1 Å². The Kier molecular flexibility index (Phi) is 5.56. The first-order valence-corrected chi connectivity index (χ1v) is 6.13. The Morgan fingerprint density at radius 3 is 2.94 bits per heavy atom. The highest BCUT2D eigenvalue weighted by Crippen LogP contribution is 2.23. The Bertz CT molecular complexity index is 352. The van der Waals surface area contributed by atoms with Gasteiger partial charge >= 0.3 is 0 Å². The van der Waals surface area contributed by atoms with E-state index in [0.29, 0.717) is 6.04 Å². The second kappa shape index (κ2) is 6.71. The van der Waals surface area contributed by atoms with Gasteiger partial charge in [0.05, 0.1) is 7.11 Å². The lowest BCUT2D eigenvalue weighted by Gasteiger charge is -2.14. The molecule has 1 rings (SSSR count). The van der Waals surface area contributed by atoms with Crippen molar-refractivity contribution in [1.29, 1.82) is 0 Å². The fraction of sp³-hybridized carbons (Fsp3) is 0.385. The summed E-state index contributed by atoms with van der Waals surface area (Å²) in [6, 6.07) is 6.51. The van der Waals surface area contributed by atoms with Gasteiger partial charge in [-0.05, 0) is 25.5 Å². The summed E-state index contributed by atoms with van der Waals surface area (Å²) < 4.78 is 6.36. The molecule has 0 saturated carbocycles. The standard InChI is InChI=1S/C13H18BrNO/c1-4-5-10(2)15-9-11-6-7-12(14)8-13(11)16-3/h4,6-8,10,15H,1,5,9H2,2-3H3. The van der Waals surface area contributed by atoms with Crippen LogP contribution in [0.15, 0.2) is 35.3 Å². The monoisotopic (exact) mass is 283 g/mol. The summed E-state index contributed by atoms with van der Waals surface area (Å²) in [6.07, 6.45) is 2.90. The van der Waals surface area contributed by atoms with Crippen LogP contribution in [0.1, 0.15) is 18.9 Å². The van der Waals surface area contributed by atoms with Crippen molar-refractivity contribution >= 4 is 15.9 Å². The second-order valence-electron chi connectivity index (χ2n) is 3.76. The maximum absolute atomic E-state index is 5.33. The average Bonchev–Trinajstić information content (AvgIpc) is 2.27. The van der Waals surface area contributed by atoms with E-state index in [4.69, 9.17) is 4.74 Å². The molecule has 0 aliphatic carbocycles. The SMILES string of the molecule is C=CCC(C)NCc1ccc(Br)cc1OC. The third kappa shape index (κ3) is 3.99. The smallest absolute Gasteiger partial charge is 0.124 e. The van der Waals surface area contributed by atoms with Crippen molar-refractivity contribution in [2.75, 3.05) is 7.11 Å². The van der Waals surface area contributed by atoms with Gasteiger partial charge in [0.25, 0.3) is 0 Å². The third-order valence-corrected chi connectivity index (χ3v) is 2.90. The van der Waals surface area contributed by atoms with Gasteiger partial charge in [-0.2, -0.15) is 0 Å². The van der Waals surface area contributed by atoms with Crippen LogP contribution in [0.4, 0.5) is 0 Å². The fourth-order valence-corrected chi connectivity index (χ4v) is 1.82. The minimum Gasteiger partial charge on any atom is -0.496 e. The number of nitrogens with one attached hydrogen (secondary N) is 1. The van der Waals surface area contributed by atoms with Crippen molar-refractivity contribution in [1.82, 2.24) is 5.32 Å². The first-order chi connectivity index (χ1) is 7.67. The van der Waals surface area contributed by atoms with Gasteiger partial charge in [0, 0.05) is 22.6 Å². The Morgan fingerprint density at radius 1 is 1.56 bits per heavy atom. The minimum absolute atomic E-state index is 0.436. The largest absolute Gasteiger partial charge is 0.496 e. The van der Waals surface area contributed by atoms with E-state index in [-0.39, 0.29) is 0 Å². The molecule has 0 heterocycles. The topological polar surface area (TPSA) is 21.3 Å². The van der Waals surface area contributed by atoms with Gasteiger partial charge in [0.15, 0.2) is 0 Å². The molecule has 1 atom stereocenters. The average molecular weight is 284 g/mol. The number of benzene rings is 1. The summed E-state index contributed by atoms with van der Waals surface area (Å²) in [4.78, 5) is 0. The summed E-state index contributed by atoms with van der Waals surface area (Å²) in [5, 5.41) is 3.43. The zero-order chi connectivity index (χ0) is 12.0. The van der Waals surface area contributed by atoms with Crippen molar-refractivity contribution < 1.29 is 4.74 Å². The summed E-state index contributed by atoms with van der Waals surface area (Å²) >= 11 is 3.43. The summed E-state index contributed by atoms with van der Waals surface area (Å²) in [7, 11) is 1.69. The van der Waals surface area contributed by atoms with Crippen LogP contribution in [-0.4, -0.2) is 13.2 Å². The molecule has 0 aliphatic heterocycles. The molecular weight excluding hydrogens is 266 g/mol. The number of hydrogen-bond donors (Lipinski definition) is 1. The molecule has 1 aromatic carbocycles. The zero-order valence-electron chi connectivity index (χ0n) is 9.79. The van der Waals surface area contributed by atoms with E-state index in [9.17, 15) is 0 Å². The van der Waals surface area contributed by atoms with E-state index >= 15 is 0 Å². The molecule has 0 bridgehead atoms. The molecule has 0 aliphatic rings. The van der Waals surface area contributed by atoms with Crippen LogP contribution in [0.2, 0.25) is 0 Å². The van der Waals surface area contributed by atoms with Crippen LogP contribution in [-0.2, 0) is 6.54 Å². The lowest BCUT2D eigenvalue weighted by atomic mass is 10.1. The molecule has 0 saturated heterocycles. The Labute approximate surface area is 106 Å². The highest BCUT2D eigenvalue weighted by molar-refractivity contribution is 9.10. The molecule has 3 heteroatoms. The number of ether oxygens (including phenoxy) is 1. The predicted octanol–water partition coefficient (Wildman–Crippen LogP) is 3.51. The van der Waals surface area contributed by atoms with Crippen LogP contribution in [0.3, 0.4) is 0 Å². The molecule has 88 valence electrons. The lowest BCUT2D eigenvalue weighted by molar-refractivity contribution is 0.405. The predicted molar refractivity (Wildman–Crippen MR) is 71.8 cm³/mol. The molecule has 0 amide bonds. The van der Waals surface area contributed by atoms with Gasteiger partial charge in [-0.25, -0.2) is 0 Å². The Hall–Kier alpha value is -0.800. The van der Waals surface area contributed by atoms with Gasteiger partial charge in [0.1, 0.15) is 5.75 Å². The second-order valence-corrected chi connectivity index (χ2v) is 4.68. The number of rotatable bonds is 6. The van der Waals surface area contributed by atoms with Gasteiger partial charge in [-0.1, -0.05) is 28.1 Å². The summed E-state index contributed by atoms with van der Waals surface area (Å²) in [5.41, 5.74) is 1.17. The number of methoxy groups -OCH3 is 1. The van der Waals surface area contributed by atoms with Crippen molar-refractivity contribution in [3.8, 4) is 5.75 Å². The van der Waals surface area contributed by atoms with Crippen LogP contribution in [0.5, 0.6) is 5.75 Å². The summed E-state index contributed by atoms with van der Waals surface area (Å²) in [6.45, 7) is 6.69. The van der Waals surface area contributed by atoms with Crippen LogP contribution in [0.25, 0.3) is 0 Å². The van der Waals surface area contributed by atoms with Crippen LogP contribution in [0, 0.1) is 0 Å². The van der Waals surface area contributed by atoms with Crippen molar-refractivity contribution in [2.45, 2.75) is 25.9 Å². The van der Waals surface area contributed by atoms with E-state index < -0.39 is 0 Å². The molecule has 1 aromatic rings. The molecule has 16 heavy (non-hydrogen) atoms. The van der Waals surface area contributed by atoms with E-state index in [1.807, 2.05) is 18.2 Å². The maximum atomic E-state index is 5.33. The molecular formula is C13H18BrNO. The molecule has 0 radical (unpaired) electrons. The first kappa shape index (κ1) is 13.3. The van der Waals surface area contributed by atoms with Gasteiger partial charge in [0.2, 0.25) is 0 Å². The van der Waals surface area contributed by atoms with E-state index in [2.05, 4.69) is 40.8 Å². The minimum atomic E-state index is 0.436. The maximum Gasteiger partial charge on any atom is 0.124 e. The number of hydrogen-bond acceptors (Lipinski definition) is 2. The van der Waals surface area contributed by atoms with Gasteiger partial charge in [-0.15, -0.1) is 6.58 Å². The summed E-state index contributed by atoms with van der Waals surface area (Å²) in [5.74, 6) is 0.910. The third-order valence-electron chi connectivity index (χ3n) is 2.41. The van der Waals surface area contributed by atoms with Crippen molar-refractivity contribution in [3.63, 3.8) is 0 Å². The first-order valence-electron chi connectivity index (χ1n) is 5.34. The van der Waals surface area contributed by atoms with Crippen LogP contribution < -0.4 is 10.1 Å². The van der Waals surface area contributed by atoms with Crippen molar-refractivity contribution in [2.24, 2.45) is 0 Å². The highest BCUT2D eigenvalue weighted by atomic mass is 79.9. The van der Waals surface area contributed by atoms with Crippen LogP contribution >= 0.6 is 15.9 Å².